The van der Waals surface area contributed by atoms with Crippen LogP contribution in [0, 0.1) is 13.8 Å². The molecule has 0 unspecified atom stereocenters. The molecule has 10 heteroatoms. The lowest BCUT2D eigenvalue weighted by molar-refractivity contribution is -0.117. The van der Waals surface area contributed by atoms with E-state index in [9.17, 15) is 13.2 Å². The third-order valence-corrected chi connectivity index (χ3v) is 7.21. The Balaban J connectivity index is 2.30. The number of rotatable bonds is 9. The van der Waals surface area contributed by atoms with E-state index in [0.29, 0.717) is 17.2 Å². The van der Waals surface area contributed by atoms with Crippen molar-refractivity contribution in [2.24, 2.45) is 0 Å². The van der Waals surface area contributed by atoms with Gasteiger partial charge in [0.05, 0.1) is 11.9 Å². The van der Waals surface area contributed by atoms with Crippen molar-refractivity contribution in [3.05, 3.63) is 29.3 Å². The fourth-order valence-electron chi connectivity index (χ4n) is 2.83. The van der Waals surface area contributed by atoms with E-state index in [1.165, 1.54) is 15.6 Å². The van der Waals surface area contributed by atoms with E-state index in [1.807, 2.05) is 19.9 Å². The molecule has 1 atom stereocenters. The average Bonchev–Trinajstić information content (AvgIpc) is 3.02. The molecule has 0 saturated heterocycles. The monoisotopic (exact) mass is 442 g/mol. The maximum absolute atomic E-state index is 12.9. The van der Waals surface area contributed by atoms with Crippen LogP contribution < -0.4 is 9.62 Å². The summed E-state index contributed by atoms with van der Waals surface area (Å²) in [6, 6.07) is 4.62. The van der Waals surface area contributed by atoms with E-state index >= 15 is 0 Å². The van der Waals surface area contributed by atoms with Crippen molar-refractivity contribution < 1.29 is 13.2 Å². The molecule has 0 aliphatic heterocycles. The summed E-state index contributed by atoms with van der Waals surface area (Å²) in [6.07, 6.45) is 2.45. The van der Waals surface area contributed by atoms with E-state index in [4.69, 9.17) is 0 Å². The minimum atomic E-state index is -3.67. The van der Waals surface area contributed by atoms with Gasteiger partial charge in [-0.2, -0.15) is 0 Å². The zero-order chi connectivity index (χ0) is 20.9. The third kappa shape index (κ3) is 5.92. The van der Waals surface area contributed by atoms with Crippen molar-refractivity contribution in [1.29, 1.82) is 0 Å². The van der Waals surface area contributed by atoms with Gasteiger partial charge in [-0.3, -0.25) is 14.4 Å². The van der Waals surface area contributed by atoms with Gasteiger partial charge >= 0.3 is 0 Å². The lowest BCUT2D eigenvalue weighted by Gasteiger charge is -2.30. The summed E-state index contributed by atoms with van der Waals surface area (Å²) in [5.74, 6) is 0.504. The molecular weight excluding hydrogens is 416 g/mol. The van der Waals surface area contributed by atoms with Crippen LogP contribution in [-0.4, -0.2) is 42.6 Å². The number of aromatic nitrogens is 2. The van der Waals surface area contributed by atoms with Crippen molar-refractivity contribution in [1.82, 2.24) is 10.2 Å². The highest BCUT2D eigenvalue weighted by atomic mass is 32.2. The van der Waals surface area contributed by atoms with Crippen LogP contribution in [0.2, 0.25) is 0 Å². The molecule has 2 rings (SSSR count). The molecule has 0 saturated carbocycles. The Morgan fingerprint density at radius 1 is 1.21 bits per heavy atom. The molecule has 7 nitrogen and oxygen atoms in total. The Hall–Kier alpha value is -1.65. The van der Waals surface area contributed by atoms with Gasteiger partial charge in [0.15, 0.2) is 4.34 Å². The number of sulfonamides is 1. The van der Waals surface area contributed by atoms with Crippen LogP contribution >= 0.6 is 23.1 Å². The minimum Gasteiger partial charge on any atom is -0.299 e. The Morgan fingerprint density at radius 3 is 2.39 bits per heavy atom. The Labute approximate surface area is 175 Å². The number of anilines is 2. The van der Waals surface area contributed by atoms with E-state index in [-0.39, 0.29) is 0 Å². The number of aryl methyl sites for hydroxylation is 2. The van der Waals surface area contributed by atoms with Gasteiger partial charge in [-0.15, -0.1) is 10.2 Å². The van der Waals surface area contributed by atoms with Crippen LogP contribution in [0.15, 0.2) is 22.5 Å². The molecule has 1 amide bonds. The van der Waals surface area contributed by atoms with Crippen LogP contribution in [0.3, 0.4) is 0 Å². The van der Waals surface area contributed by atoms with Crippen molar-refractivity contribution in [2.45, 2.75) is 50.9 Å². The molecule has 0 radical (unpaired) electrons. The first-order chi connectivity index (χ1) is 13.2. The quantitative estimate of drug-likeness (QED) is 0.468. The molecule has 0 aliphatic rings. The number of benzene rings is 1. The van der Waals surface area contributed by atoms with Gasteiger partial charge in [0.2, 0.25) is 21.1 Å². The number of carbonyl (C=O) groups is 1. The van der Waals surface area contributed by atoms with E-state index < -0.39 is 22.0 Å². The van der Waals surface area contributed by atoms with Gasteiger partial charge in [-0.1, -0.05) is 43.0 Å². The Morgan fingerprint density at radius 2 is 1.86 bits per heavy atom. The minimum absolute atomic E-state index is 0.322. The van der Waals surface area contributed by atoms with Crippen molar-refractivity contribution >= 4 is 49.8 Å². The molecule has 0 fully saturated rings. The predicted molar refractivity (Wildman–Crippen MR) is 117 cm³/mol. The number of hydrogen-bond acceptors (Lipinski definition) is 7. The normalized spacial score (nSPS) is 12.6. The second-order valence-electron chi connectivity index (χ2n) is 6.54. The molecule has 2 aromatic rings. The zero-order valence-electron chi connectivity index (χ0n) is 16.7. The molecule has 0 bridgehead atoms. The highest BCUT2D eigenvalue weighted by Crippen LogP contribution is 2.28. The maximum atomic E-state index is 12.9. The topological polar surface area (TPSA) is 92.3 Å². The van der Waals surface area contributed by atoms with Gasteiger partial charge in [0.1, 0.15) is 6.04 Å². The molecule has 1 aromatic carbocycles. The van der Waals surface area contributed by atoms with Crippen LogP contribution in [-0.2, 0) is 14.8 Å². The van der Waals surface area contributed by atoms with Crippen LogP contribution in [0.1, 0.15) is 37.8 Å². The van der Waals surface area contributed by atoms with Crippen LogP contribution in [0.5, 0.6) is 0 Å². The average molecular weight is 443 g/mol. The number of nitrogens with one attached hydrogen (secondary N) is 1. The second kappa shape index (κ2) is 9.71. The summed E-state index contributed by atoms with van der Waals surface area (Å²) in [5.41, 5.74) is 2.35. The molecule has 154 valence electrons. The fourth-order valence-corrected chi connectivity index (χ4v) is 5.71. The van der Waals surface area contributed by atoms with Gasteiger partial charge < -0.3 is 0 Å². The summed E-state index contributed by atoms with van der Waals surface area (Å²) >= 11 is 2.87. The first-order valence-electron chi connectivity index (χ1n) is 9.00. The lowest BCUT2D eigenvalue weighted by atomic mass is 10.1. The highest BCUT2D eigenvalue weighted by molar-refractivity contribution is 8.01. The number of thioether (sulfide) groups is 1. The molecule has 1 aromatic heterocycles. The number of hydrogen-bond donors (Lipinski definition) is 1. The summed E-state index contributed by atoms with van der Waals surface area (Å²) in [6.45, 7) is 7.66. The van der Waals surface area contributed by atoms with Crippen molar-refractivity contribution in [2.75, 3.05) is 21.6 Å². The van der Waals surface area contributed by atoms with E-state index in [1.54, 1.807) is 30.8 Å². The third-order valence-electron chi connectivity index (χ3n) is 3.86. The van der Waals surface area contributed by atoms with Gasteiger partial charge in [0, 0.05) is 5.75 Å². The Kier molecular flexibility index (Phi) is 7.85. The zero-order valence-corrected chi connectivity index (χ0v) is 19.2. The molecule has 1 N–H and O–H groups in total. The van der Waals surface area contributed by atoms with Gasteiger partial charge in [-0.05, 0) is 49.9 Å². The van der Waals surface area contributed by atoms with E-state index in [0.717, 1.165) is 33.9 Å². The maximum Gasteiger partial charge on any atom is 0.250 e. The lowest BCUT2D eigenvalue weighted by Crippen LogP contribution is -2.47. The number of amides is 1. The molecule has 1 heterocycles. The molecule has 0 aliphatic carbocycles. The number of carbonyl (C=O) groups excluding carboxylic acids is 1. The molecule has 0 spiro atoms. The highest BCUT2D eigenvalue weighted by Gasteiger charge is 2.32. The summed E-state index contributed by atoms with van der Waals surface area (Å²) in [4.78, 5) is 12.9. The smallest absolute Gasteiger partial charge is 0.250 e. The predicted octanol–water partition coefficient (Wildman–Crippen LogP) is 3.84. The first-order valence-corrected chi connectivity index (χ1v) is 12.7. The van der Waals surface area contributed by atoms with Crippen molar-refractivity contribution in [3.63, 3.8) is 0 Å². The van der Waals surface area contributed by atoms with Gasteiger partial charge in [-0.25, -0.2) is 8.42 Å². The summed E-state index contributed by atoms with van der Waals surface area (Å²) in [5, 5.41) is 11.1. The number of nitrogens with zero attached hydrogens (tertiary/aromatic N) is 3. The molecule has 28 heavy (non-hydrogen) atoms. The first kappa shape index (κ1) is 22.6. The standard InChI is InChI=1S/C18H26N4O3S3/c1-6-8-26-18-21-20-17(27-18)19-16(23)15(7-2)22(28(5,24)25)14-10-12(3)9-13(4)11-14/h9-11,15H,6-8H2,1-5H3,(H,19,20,23)/t15-/m0/s1. The van der Waals surface area contributed by atoms with Crippen LogP contribution in [0.4, 0.5) is 10.8 Å². The molecular formula is C18H26N4O3S3. The second-order valence-corrected chi connectivity index (χ2v) is 10.7. The van der Waals surface area contributed by atoms with E-state index in [2.05, 4.69) is 22.4 Å². The fraction of sp³-hybridized carbons (Fsp3) is 0.500. The van der Waals surface area contributed by atoms with Gasteiger partial charge in [0.25, 0.3) is 0 Å². The Bertz CT molecular complexity index is 908. The van der Waals surface area contributed by atoms with Crippen molar-refractivity contribution in [3.8, 4) is 0 Å². The summed E-state index contributed by atoms with van der Waals surface area (Å²) in [7, 11) is -3.67. The largest absolute Gasteiger partial charge is 0.299 e. The van der Waals surface area contributed by atoms with Crippen LogP contribution in [0.25, 0.3) is 0 Å². The summed E-state index contributed by atoms with van der Waals surface area (Å²) < 4.78 is 27.1. The SMILES string of the molecule is CCCSc1nnc(NC(=O)[C@H](CC)N(c2cc(C)cc(C)c2)S(C)(=O)=O)s1.